The lowest BCUT2D eigenvalue weighted by Crippen LogP contribution is -2.08. The molecule has 8 heteroatoms. The first-order valence-corrected chi connectivity index (χ1v) is 8.88. The molecule has 0 atom stereocenters. The van der Waals surface area contributed by atoms with Crippen LogP contribution in [0.2, 0.25) is 0 Å². The topological polar surface area (TPSA) is 45.5 Å². The highest BCUT2D eigenvalue weighted by molar-refractivity contribution is 5.79. The van der Waals surface area contributed by atoms with E-state index in [2.05, 4.69) is 15.3 Å². The van der Waals surface area contributed by atoms with E-state index >= 15 is 0 Å². The molecule has 0 saturated heterocycles. The molecular formula is C21H18F3N5. The number of fused-ring (bicyclic) bond motifs is 1. The van der Waals surface area contributed by atoms with Crippen LogP contribution >= 0.6 is 0 Å². The largest absolute Gasteiger partial charge is 0.416 e. The number of alkyl halides is 3. The van der Waals surface area contributed by atoms with Gasteiger partial charge in [0, 0.05) is 43.4 Å². The maximum Gasteiger partial charge on any atom is 0.416 e. The molecular weight excluding hydrogens is 379 g/mol. The molecule has 0 spiro atoms. The first kappa shape index (κ1) is 18.8. The van der Waals surface area contributed by atoms with E-state index in [1.165, 1.54) is 6.07 Å². The fourth-order valence-electron chi connectivity index (χ4n) is 3.04. The Kier molecular flexibility index (Phi) is 4.62. The summed E-state index contributed by atoms with van der Waals surface area (Å²) in [5.41, 5.74) is 2.06. The van der Waals surface area contributed by atoms with Crippen LogP contribution in [0.4, 0.5) is 30.4 Å². The summed E-state index contributed by atoms with van der Waals surface area (Å²) < 4.78 is 41.0. The zero-order chi connectivity index (χ0) is 20.6. The smallest absolute Gasteiger partial charge is 0.378 e. The van der Waals surface area contributed by atoms with Crippen molar-refractivity contribution in [1.29, 1.82) is 0 Å². The molecule has 4 rings (SSSR count). The predicted octanol–water partition coefficient (Wildman–Crippen LogP) is 5.22. The van der Waals surface area contributed by atoms with Crippen molar-refractivity contribution in [2.24, 2.45) is 0 Å². The van der Waals surface area contributed by atoms with Crippen molar-refractivity contribution in [1.82, 2.24) is 14.4 Å². The van der Waals surface area contributed by atoms with Crippen LogP contribution in [-0.4, -0.2) is 28.5 Å². The van der Waals surface area contributed by atoms with Gasteiger partial charge in [0.2, 0.25) is 5.78 Å². The molecule has 1 N–H and O–H groups in total. The Morgan fingerprint density at radius 1 is 1.00 bits per heavy atom. The van der Waals surface area contributed by atoms with Gasteiger partial charge in [-0.2, -0.15) is 13.2 Å². The molecule has 29 heavy (non-hydrogen) atoms. The lowest BCUT2D eigenvalue weighted by atomic mass is 10.1. The Labute approximate surface area is 165 Å². The Morgan fingerprint density at radius 2 is 1.76 bits per heavy atom. The predicted molar refractivity (Wildman–Crippen MR) is 107 cm³/mol. The number of nitrogens with one attached hydrogen (secondary N) is 1. The van der Waals surface area contributed by atoms with E-state index in [1.54, 1.807) is 28.9 Å². The molecule has 0 bridgehead atoms. The second-order valence-corrected chi connectivity index (χ2v) is 6.74. The number of hydrogen-bond acceptors (Lipinski definition) is 4. The monoisotopic (exact) mass is 397 g/mol. The zero-order valence-electron chi connectivity index (χ0n) is 15.8. The first-order chi connectivity index (χ1) is 13.8. The molecule has 2 aromatic heterocycles. The quantitative estimate of drug-likeness (QED) is 0.513. The number of anilines is 3. The molecule has 0 radical (unpaired) electrons. The first-order valence-electron chi connectivity index (χ1n) is 8.88. The van der Waals surface area contributed by atoms with E-state index in [-0.39, 0.29) is 0 Å². The van der Waals surface area contributed by atoms with E-state index in [4.69, 9.17) is 0 Å². The summed E-state index contributed by atoms with van der Waals surface area (Å²) in [6.45, 7) is 0. The van der Waals surface area contributed by atoms with Crippen molar-refractivity contribution in [3.63, 3.8) is 0 Å². The Morgan fingerprint density at radius 3 is 2.45 bits per heavy atom. The van der Waals surface area contributed by atoms with Crippen LogP contribution < -0.4 is 10.2 Å². The van der Waals surface area contributed by atoms with Gasteiger partial charge in [-0.15, -0.1) is 0 Å². The molecule has 148 valence electrons. The van der Waals surface area contributed by atoms with Crippen LogP contribution in [-0.2, 0) is 6.18 Å². The van der Waals surface area contributed by atoms with Crippen molar-refractivity contribution < 1.29 is 13.2 Å². The van der Waals surface area contributed by atoms with Gasteiger partial charge in [-0.3, -0.25) is 4.40 Å². The van der Waals surface area contributed by atoms with Crippen LogP contribution in [0, 0.1) is 0 Å². The standard InChI is InChI=1S/C21H18F3N5/c1-28(2)17-9-7-14(8-10-17)18-19(29-12-4-11-25-20(29)27-18)26-16-6-3-5-15(13-16)21(22,23)24/h3-13,26H,1-2H3. The van der Waals surface area contributed by atoms with Gasteiger partial charge in [0.05, 0.1) is 5.56 Å². The molecule has 0 unspecified atom stereocenters. The minimum absolute atomic E-state index is 0.316. The van der Waals surface area contributed by atoms with E-state index in [0.717, 1.165) is 23.4 Å². The summed E-state index contributed by atoms with van der Waals surface area (Å²) in [6, 6.07) is 14.6. The van der Waals surface area contributed by atoms with Gasteiger partial charge in [-0.1, -0.05) is 18.2 Å². The highest BCUT2D eigenvalue weighted by atomic mass is 19.4. The van der Waals surface area contributed by atoms with E-state index < -0.39 is 11.7 Å². The summed E-state index contributed by atoms with van der Waals surface area (Å²) in [7, 11) is 3.90. The number of hydrogen-bond donors (Lipinski definition) is 1. The van der Waals surface area contributed by atoms with Crippen LogP contribution in [0.5, 0.6) is 0 Å². The lowest BCUT2D eigenvalue weighted by molar-refractivity contribution is -0.137. The van der Waals surface area contributed by atoms with Crippen molar-refractivity contribution in [2.75, 3.05) is 24.3 Å². The summed E-state index contributed by atoms with van der Waals surface area (Å²) in [5.74, 6) is 0.999. The van der Waals surface area contributed by atoms with Crippen molar-refractivity contribution in [3.05, 3.63) is 72.6 Å². The van der Waals surface area contributed by atoms with Gasteiger partial charge >= 0.3 is 6.18 Å². The SMILES string of the molecule is CN(C)c1ccc(-c2nc3ncccn3c2Nc2cccc(C(F)(F)F)c2)cc1. The molecule has 0 aliphatic heterocycles. The summed E-state index contributed by atoms with van der Waals surface area (Å²) in [4.78, 5) is 10.8. The van der Waals surface area contributed by atoms with Crippen molar-refractivity contribution >= 4 is 23.0 Å². The molecule has 0 aliphatic rings. The maximum atomic E-state index is 13.1. The van der Waals surface area contributed by atoms with Gasteiger partial charge in [0.15, 0.2) is 0 Å². The van der Waals surface area contributed by atoms with Crippen LogP contribution in [0.1, 0.15) is 5.56 Å². The number of nitrogens with zero attached hydrogens (tertiary/aromatic N) is 4. The number of imidazole rings is 1. The third kappa shape index (κ3) is 3.73. The highest BCUT2D eigenvalue weighted by Gasteiger charge is 2.30. The minimum Gasteiger partial charge on any atom is -0.378 e. The fourth-order valence-corrected chi connectivity index (χ4v) is 3.04. The molecule has 0 aliphatic carbocycles. The highest BCUT2D eigenvalue weighted by Crippen LogP contribution is 2.34. The van der Waals surface area contributed by atoms with Gasteiger partial charge in [0.25, 0.3) is 0 Å². The second kappa shape index (κ2) is 7.12. The molecule has 0 amide bonds. The van der Waals surface area contributed by atoms with Crippen LogP contribution in [0.25, 0.3) is 17.0 Å². The molecule has 2 aromatic carbocycles. The van der Waals surface area contributed by atoms with E-state index in [0.29, 0.717) is 23.0 Å². The molecule has 4 aromatic rings. The Hall–Kier alpha value is -3.55. The van der Waals surface area contributed by atoms with Crippen LogP contribution in [0.15, 0.2) is 67.0 Å². The van der Waals surface area contributed by atoms with Crippen molar-refractivity contribution in [2.45, 2.75) is 6.18 Å². The molecule has 2 heterocycles. The summed E-state index contributed by atoms with van der Waals surface area (Å²) in [6.07, 6.45) is -1.03. The minimum atomic E-state index is -4.41. The molecule has 5 nitrogen and oxygen atoms in total. The van der Waals surface area contributed by atoms with Gasteiger partial charge in [0.1, 0.15) is 11.5 Å². The van der Waals surface area contributed by atoms with Gasteiger partial charge in [-0.05, 0) is 36.4 Å². The molecule has 0 saturated carbocycles. The van der Waals surface area contributed by atoms with Crippen LogP contribution in [0.3, 0.4) is 0 Å². The normalized spacial score (nSPS) is 11.6. The third-order valence-corrected chi connectivity index (χ3v) is 4.51. The van der Waals surface area contributed by atoms with E-state index in [1.807, 2.05) is 43.3 Å². The average Bonchev–Trinajstić information content (AvgIpc) is 3.06. The number of benzene rings is 2. The van der Waals surface area contributed by atoms with Gasteiger partial charge in [-0.25, -0.2) is 9.97 Å². The number of halogens is 3. The summed E-state index contributed by atoms with van der Waals surface area (Å²) in [5, 5.41) is 3.09. The molecule has 0 fully saturated rings. The zero-order valence-corrected chi connectivity index (χ0v) is 15.8. The van der Waals surface area contributed by atoms with E-state index in [9.17, 15) is 13.2 Å². The van der Waals surface area contributed by atoms with Gasteiger partial charge < -0.3 is 10.2 Å². The number of aromatic nitrogens is 3. The third-order valence-electron chi connectivity index (χ3n) is 4.51. The fraction of sp³-hybridized carbons (Fsp3) is 0.143. The maximum absolute atomic E-state index is 13.1. The lowest BCUT2D eigenvalue weighted by Gasteiger charge is -2.13. The summed E-state index contributed by atoms with van der Waals surface area (Å²) >= 11 is 0. The number of rotatable bonds is 4. The average molecular weight is 397 g/mol. The van der Waals surface area contributed by atoms with Crippen molar-refractivity contribution in [3.8, 4) is 11.3 Å². The Balaban J connectivity index is 1.80. The second-order valence-electron chi connectivity index (χ2n) is 6.74. The Bertz CT molecular complexity index is 1150.